The molecule has 0 aliphatic carbocycles. The van der Waals surface area contributed by atoms with Gasteiger partial charge < -0.3 is 14.2 Å². The second-order valence-electron chi connectivity index (χ2n) is 9.72. The molecule has 7 nitrogen and oxygen atoms in total. The predicted octanol–water partition coefficient (Wildman–Crippen LogP) is 5.61. The molecule has 1 atom stereocenters. The first-order valence-corrected chi connectivity index (χ1v) is 10.2. The zero-order valence-corrected chi connectivity index (χ0v) is 19.7. The van der Waals surface area contributed by atoms with Crippen molar-refractivity contribution in [3.05, 3.63) is 35.9 Å². The van der Waals surface area contributed by atoms with Gasteiger partial charge in [0.1, 0.15) is 17.8 Å². The highest BCUT2D eigenvalue weighted by atomic mass is 19.1. The first-order chi connectivity index (χ1) is 14.0. The number of esters is 1. The van der Waals surface area contributed by atoms with Crippen molar-refractivity contribution in [2.24, 2.45) is 5.92 Å². The van der Waals surface area contributed by atoms with E-state index in [1.165, 1.54) is 0 Å². The van der Waals surface area contributed by atoms with Gasteiger partial charge in [-0.3, -0.25) is 0 Å². The standard InChI is InChI=1S/C23H34FNO6/c1-16(2)14-23(24,18(26)29-15-17-12-10-9-11-13-17)25(19(27)30-21(3,4)5)20(28)31-22(6,7)8/h9-13,16H,14-15H2,1-8H3. The minimum atomic E-state index is -3.12. The smallest absolute Gasteiger partial charge is 0.423 e. The van der Waals surface area contributed by atoms with E-state index in [-0.39, 0.29) is 11.5 Å². The van der Waals surface area contributed by atoms with Crippen LogP contribution in [0.2, 0.25) is 0 Å². The largest absolute Gasteiger partial charge is 0.457 e. The minimum Gasteiger partial charge on any atom is -0.457 e. The van der Waals surface area contributed by atoms with Crippen LogP contribution in [0.25, 0.3) is 0 Å². The number of carbonyl (C=O) groups excluding carboxylic acids is 3. The minimum absolute atomic E-state index is 0.0941. The van der Waals surface area contributed by atoms with E-state index in [0.29, 0.717) is 5.56 Å². The highest BCUT2D eigenvalue weighted by Gasteiger charge is 2.55. The number of halogens is 1. The summed E-state index contributed by atoms with van der Waals surface area (Å²) in [5.74, 6) is -4.89. The van der Waals surface area contributed by atoms with E-state index >= 15 is 4.39 Å². The van der Waals surface area contributed by atoms with Crippen LogP contribution in [0.1, 0.15) is 67.4 Å². The molecule has 1 unspecified atom stereocenters. The molecule has 174 valence electrons. The van der Waals surface area contributed by atoms with Gasteiger partial charge in [-0.05, 0) is 53.0 Å². The van der Waals surface area contributed by atoms with Crippen molar-refractivity contribution >= 4 is 18.2 Å². The molecule has 31 heavy (non-hydrogen) atoms. The zero-order valence-electron chi connectivity index (χ0n) is 19.7. The summed E-state index contributed by atoms with van der Waals surface area (Å²) in [7, 11) is 0. The summed E-state index contributed by atoms with van der Waals surface area (Å²) >= 11 is 0. The van der Waals surface area contributed by atoms with Crippen LogP contribution in [0.15, 0.2) is 30.3 Å². The Hall–Kier alpha value is -2.64. The molecule has 0 bridgehead atoms. The van der Waals surface area contributed by atoms with Crippen molar-refractivity contribution in [3.63, 3.8) is 0 Å². The van der Waals surface area contributed by atoms with Gasteiger partial charge in [0.05, 0.1) is 0 Å². The third-order valence-corrected chi connectivity index (χ3v) is 3.71. The lowest BCUT2D eigenvalue weighted by molar-refractivity contribution is -0.174. The molecule has 0 aromatic heterocycles. The first-order valence-electron chi connectivity index (χ1n) is 10.2. The Balaban J connectivity index is 3.34. The molecular formula is C23H34FNO6. The Bertz CT molecular complexity index is 739. The van der Waals surface area contributed by atoms with E-state index in [2.05, 4.69) is 0 Å². The van der Waals surface area contributed by atoms with Gasteiger partial charge >= 0.3 is 18.2 Å². The highest BCUT2D eigenvalue weighted by molar-refractivity contribution is 5.95. The fourth-order valence-corrected chi connectivity index (χ4v) is 2.62. The number of nitrogens with zero attached hydrogens (tertiary/aromatic N) is 1. The maximum absolute atomic E-state index is 16.3. The van der Waals surface area contributed by atoms with Crippen LogP contribution in [0.3, 0.4) is 0 Å². The molecule has 0 N–H and O–H groups in total. The van der Waals surface area contributed by atoms with Crippen LogP contribution >= 0.6 is 0 Å². The molecule has 0 aliphatic rings. The SMILES string of the molecule is CC(C)CC(F)(C(=O)OCc1ccccc1)N(C(=O)OC(C)(C)C)C(=O)OC(C)(C)C. The molecule has 1 aromatic rings. The summed E-state index contributed by atoms with van der Waals surface area (Å²) in [6, 6.07) is 8.68. The van der Waals surface area contributed by atoms with Gasteiger partial charge in [-0.2, -0.15) is 4.90 Å². The summed E-state index contributed by atoms with van der Waals surface area (Å²) in [5.41, 5.74) is -1.45. The Morgan fingerprint density at radius 3 is 1.74 bits per heavy atom. The summed E-state index contributed by atoms with van der Waals surface area (Å²) in [4.78, 5) is 38.7. The van der Waals surface area contributed by atoms with Crippen LogP contribution in [0.4, 0.5) is 14.0 Å². The lowest BCUT2D eigenvalue weighted by Crippen LogP contribution is -2.59. The summed E-state index contributed by atoms with van der Waals surface area (Å²) < 4.78 is 31.9. The van der Waals surface area contributed by atoms with Crippen molar-refractivity contribution in [1.29, 1.82) is 0 Å². The molecule has 0 saturated carbocycles. The van der Waals surface area contributed by atoms with Crippen molar-refractivity contribution < 1.29 is 33.0 Å². The van der Waals surface area contributed by atoms with Crippen LogP contribution in [-0.4, -0.2) is 40.1 Å². The van der Waals surface area contributed by atoms with E-state index < -0.39 is 47.5 Å². The fourth-order valence-electron chi connectivity index (χ4n) is 2.62. The maximum Gasteiger partial charge on any atom is 0.423 e. The molecule has 0 fully saturated rings. The van der Waals surface area contributed by atoms with Crippen molar-refractivity contribution in [1.82, 2.24) is 4.90 Å². The van der Waals surface area contributed by atoms with E-state index in [1.807, 2.05) is 0 Å². The van der Waals surface area contributed by atoms with Crippen molar-refractivity contribution in [2.45, 2.75) is 85.4 Å². The van der Waals surface area contributed by atoms with Crippen LogP contribution in [0.5, 0.6) is 0 Å². The number of amides is 2. The van der Waals surface area contributed by atoms with Crippen LogP contribution in [-0.2, 0) is 25.6 Å². The fraction of sp³-hybridized carbons (Fsp3) is 0.609. The molecule has 0 aliphatic heterocycles. The Morgan fingerprint density at radius 1 is 0.903 bits per heavy atom. The molecule has 8 heteroatoms. The van der Waals surface area contributed by atoms with Crippen molar-refractivity contribution in [3.8, 4) is 0 Å². The van der Waals surface area contributed by atoms with Gasteiger partial charge in [-0.25, -0.2) is 18.8 Å². The number of carbonyl (C=O) groups is 3. The Kier molecular flexibility index (Phi) is 8.61. The predicted molar refractivity (Wildman–Crippen MR) is 114 cm³/mol. The van der Waals surface area contributed by atoms with E-state index in [4.69, 9.17) is 14.2 Å². The number of imide groups is 1. The number of rotatable bonds is 6. The maximum atomic E-state index is 16.3. The van der Waals surface area contributed by atoms with Crippen LogP contribution < -0.4 is 0 Å². The van der Waals surface area contributed by atoms with E-state index in [9.17, 15) is 14.4 Å². The number of alkyl halides is 1. The van der Waals surface area contributed by atoms with Gasteiger partial charge in [-0.1, -0.05) is 44.2 Å². The third kappa shape index (κ3) is 8.55. The molecule has 1 aromatic carbocycles. The van der Waals surface area contributed by atoms with Gasteiger partial charge in [0, 0.05) is 6.42 Å². The second-order valence-corrected chi connectivity index (χ2v) is 9.72. The highest BCUT2D eigenvalue weighted by Crippen LogP contribution is 2.32. The normalized spacial score (nSPS) is 13.9. The quantitative estimate of drug-likeness (QED) is 0.325. The lowest BCUT2D eigenvalue weighted by atomic mass is 10.00. The zero-order chi connectivity index (χ0) is 24.0. The second kappa shape index (κ2) is 10.1. The molecule has 0 heterocycles. The van der Waals surface area contributed by atoms with E-state index in [0.717, 1.165) is 0 Å². The molecule has 1 rings (SSSR count). The topological polar surface area (TPSA) is 82.1 Å². The Morgan fingerprint density at radius 2 is 1.35 bits per heavy atom. The number of hydrogen-bond acceptors (Lipinski definition) is 6. The van der Waals surface area contributed by atoms with Crippen LogP contribution in [0, 0.1) is 5.92 Å². The molecule has 2 amide bonds. The molecule has 0 saturated heterocycles. The monoisotopic (exact) mass is 439 g/mol. The molecule has 0 spiro atoms. The van der Waals surface area contributed by atoms with Gasteiger partial charge in [0.2, 0.25) is 0 Å². The van der Waals surface area contributed by atoms with Gasteiger partial charge in [0.25, 0.3) is 5.79 Å². The number of hydrogen-bond donors (Lipinski definition) is 0. The average Bonchev–Trinajstić information content (AvgIpc) is 2.56. The summed E-state index contributed by atoms with van der Waals surface area (Å²) in [6.07, 6.45) is -3.15. The third-order valence-electron chi connectivity index (χ3n) is 3.71. The first kappa shape index (κ1) is 26.4. The summed E-state index contributed by atoms with van der Waals surface area (Å²) in [6.45, 7) is 12.5. The van der Waals surface area contributed by atoms with Gasteiger partial charge in [-0.15, -0.1) is 0 Å². The van der Waals surface area contributed by atoms with Gasteiger partial charge in [0.15, 0.2) is 0 Å². The molecular weight excluding hydrogens is 405 g/mol. The summed E-state index contributed by atoms with van der Waals surface area (Å²) in [5, 5.41) is 0. The van der Waals surface area contributed by atoms with Crippen molar-refractivity contribution in [2.75, 3.05) is 0 Å². The number of benzene rings is 1. The number of ether oxygens (including phenoxy) is 3. The van der Waals surface area contributed by atoms with E-state index in [1.54, 1.807) is 85.7 Å². The lowest BCUT2D eigenvalue weighted by Gasteiger charge is -2.36. The Labute approximate surface area is 183 Å². The molecule has 0 radical (unpaired) electrons. The average molecular weight is 440 g/mol.